The minimum atomic E-state index is -4.69. The van der Waals surface area contributed by atoms with Crippen LogP contribution in [0.3, 0.4) is 0 Å². The summed E-state index contributed by atoms with van der Waals surface area (Å²) in [7, 11) is -3.40. The van der Waals surface area contributed by atoms with E-state index >= 15 is 0 Å². The molecule has 1 aliphatic carbocycles. The first-order chi connectivity index (χ1) is 17.3. The number of pyridine rings is 1. The van der Waals surface area contributed by atoms with Gasteiger partial charge < -0.3 is 9.64 Å². The number of aromatic nitrogens is 1. The fraction of sp³-hybridized carbons (Fsp3) is 0.320. The molecule has 2 fully saturated rings. The average Bonchev–Trinajstić information content (AvgIpc) is 3.26. The second kappa shape index (κ2) is 8.93. The number of hydrogen-bond donors (Lipinski definition) is 0. The van der Waals surface area contributed by atoms with Crippen LogP contribution < -0.4 is 9.64 Å². The van der Waals surface area contributed by atoms with Gasteiger partial charge in [0.2, 0.25) is 0 Å². The largest absolute Gasteiger partial charge is 0.487 e. The molecule has 37 heavy (non-hydrogen) atoms. The van der Waals surface area contributed by atoms with Crippen molar-refractivity contribution in [2.75, 3.05) is 30.9 Å². The molecule has 2 heterocycles. The third-order valence-corrected chi connectivity index (χ3v) is 7.98. The minimum Gasteiger partial charge on any atom is -0.487 e. The standard InChI is InChI=1S/C25H20F6N2O3S/c1-37(34,35)16-4-2-13(3-5-16)14-6-20(26)23(21(27)7-14)36-12-19-17-10-33(11-18(17)19)24-22(28)8-15(9-32-24)25(29,30)31/h2-9,17-19H,10-12H2,1H3. The minimum absolute atomic E-state index is 0.0301. The summed E-state index contributed by atoms with van der Waals surface area (Å²) in [5, 5.41) is 0. The predicted molar refractivity (Wildman–Crippen MR) is 122 cm³/mol. The van der Waals surface area contributed by atoms with Crippen LogP contribution in [0.2, 0.25) is 0 Å². The van der Waals surface area contributed by atoms with Crippen molar-refractivity contribution in [2.45, 2.75) is 11.1 Å². The van der Waals surface area contributed by atoms with Gasteiger partial charge in [0.25, 0.3) is 0 Å². The lowest BCUT2D eigenvalue weighted by atomic mass is 10.1. The summed E-state index contributed by atoms with van der Waals surface area (Å²) >= 11 is 0. The fourth-order valence-corrected chi connectivity index (χ4v) is 5.46. The third-order valence-electron chi connectivity index (χ3n) is 6.85. The number of anilines is 1. The van der Waals surface area contributed by atoms with Gasteiger partial charge in [0.15, 0.2) is 38.9 Å². The van der Waals surface area contributed by atoms with Crippen molar-refractivity contribution in [3.63, 3.8) is 0 Å². The van der Waals surface area contributed by atoms with E-state index in [1.54, 1.807) is 4.90 Å². The van der Waals surface area contributed by atoms with Crippen molar-refractivity contribution >= 4 is 15.7 Å². The molecule has 1 aliphatic heterocycles. The quantitative estimate of drug-likeness (QED) is 0.393. The maximum atomic E-state index is 14.7. The molecule has 2 unspecified atom stereocenters. The smallest absolute Gasteiger partial charge is 0.417 e. The van der Waals surface area contributed by atoms with Crippen molar-refractivity contribution in [3.8, 4) is 16.9 Å². The van der Waals surface area contributed by atoms with Crippen LogP contribution in [0.15, 0.2) is 53.6 Å². The number of hydrogen-bond acceptors (Lipinski definition) is 5. The van der Waals surface area contributed by atoms with Gasteiger partial charge in [-0.2, -0.15) is 13.2 Å². The van der Waals surface area contributed by atoms with E-state index in [1.165, 1.54) is 24.3 Å². The zero-order chi connectivity index (χ0) is 26.7. The Morgan fingerprint density at radius 3 is 2.05 bits per heavy atom. The number of alkyl halides is 3. The second-order valence-electron chi connectivity index (χ2n) is 9.30. The monoisotopic (exact) mass is 542 g/mol. The molecule has 0 bridgehead atoms. The van der Waals surface area contributed by atoms with Crippen molar-refractivity contribution in [2.24, 2.45) is 17.8 Å². The van der Waals surface area contributed by atoms with Crippen molar-refractivity contribution < 1.29 is 39.5 Å². The first kappa shape index (κ1) is 25.4. The number of ether oxygens (including phenoxy) is 1. The van der Waals surface area contributed by atoms with Gasteiger partial charge in [0.1, 0.15) is 0 Å². The predicted octanol–water partition coefficient (Wildman–Crippen LogP) is 5.35. The van der Waals surface area contributed by atoms with Crippen LogP contribution in [0.1, 0.15) is 5.56 Å². The molecule has 2 aliphatic rings. The molecule has 1 saturated heterocycles. The summed E-state index contributed by atoms with van der Waals surface area (Å²) in [6, 6.07) is 8.23. The summed E-state index contributed by atoms with van der Waals surface area (Å²) in [6.07, 6.45) is -3.03. The van der Waals surface area contributed by atoms with Crippen LogP contribution in [0, 0.1) is 35.2 Å². The lowest BCUT2D eigenvalue weighted by Crippen LogP contribution is -2.27. The first-order valence-corrected chi connectivity index (χ1v) is 13.1. The highest BCUT2D eigenvalue weighted by Crippen LogP contribution is 2.53. The summed E-state index contributed by atoms with van der Waals surface area (Å²) in [5.41, 5.74) is -0.518. The number of halogens is 6. The number of rotatable bonds is 6. The molecule has 1 saturated carbocycles. The Balaban J connectivity index is 1.20. The number of sulfone groups is 1. The highest BCUT2D eigenvalue weighted by Gasteiger charge is 2.56. The number of nitrogens with zero attached hydrogens (tertiary/aromatic N) is 2. The lowest BCUT2D eigenvalue weighted by Gasteiger charge is -2.22. The highest BCUT2D eigenvalue weighted by atomic mass is 32.2. The molecule has 0 N–H and O–H groups in total. The lowest BCUT2D eigenvalue weighted by molar-refractivity contribution is -0.138. The Kier molecular flexibility index (Phi) is 6.12. The molecule has 2 aromatic carbocycles. The van der Waals surface area contributed by atoms with Gasteiger partial charge in [-0.1, -0.05) is 12.1 Å². The Hall–Kier alpha value is -3.28. The van der Waals surface area contributed by atoms with E-state index in [2.05, 4.69) is 4.98 Å². The van der Waals surface area contributed by atoms with Crippen molar-refractivity contribution in [3.05, 3.63) is 71.7 Å². The Morgan fingerprint density at radius 1 is 0.946 bits per heavy atom. The van der Waals surface area contributed by atoms with E-state index in [0.29, 0.717) is 30.9 Å². The number of fused-ring (bicyclic) bond motifs is 1. The van der Waals surface area contributed by atoms with Gasteiger partial charge in [0.05, 0.1) is 17.1 Å². The van der Waals surface area contributed by atoms with E-state index in [0.717, 1.165) is 18.4 Å². The van der Waals surface area contributed by atoms with Crippen LogP contribution in [0.4, 0.5) is 32.2 Å². The fourth-order valence-electron chi connectivity index (χ4n) is 4.83. The maximum Gasteiger partial charge on any atom is 0.417 e. The number of piperidine rings is 1. The van der Waals surface area contributed by atoms with Crippen molar-refractivity contribution in [1.29, 1.82) is 0 Å². The van der Waals surface area contributed by atoms with Crippen LogP contribution in [0.5, 0.6) is 5.75 Å². The molecule has 5 nitrogen and oxygen atoms in total. The second-order valence-corrected chi connectivity index (χ2v) is 11.3. The van der Waals surface area contributed by atoms with E-state index in [9.17, 15) is 34.8 Å². The summed E-state index contributed by atoms with van der Waals surface area (Å²) in [6.45, 7) is 0.727. The maximum absolute atomic E-state index is 14.7. The van der Waals surface area contributed by atoms with Gasteiger partial charge in [0, 0.05) is 31.5 Å². The van der Waals surface area contributed by atoms with Crippen molar-refractivity contribution in [1.82, 2.24) is 4.98 Å². The molecule has 0 amide bonds. The highest BCUT2D eigenvalue weighted by molar-refractivity contribution is 7.90. The molecular weight excluding hydrogens is 522 g/mol. The molecule has 3 aromatic rings. The zero-order valence-corrected chi connectivity index (χ0v) is 20.1. The Bertz CT molecular complexity index is 1430. The summed E-state index contributed by atoms with van der Waals surface area (Å²) in [4.78, 5) is 5.29. The number of benzene rings is 2. The first-order valence-electron chi connectivity index (χ1n) is 11.2. The van der Waals surface area contributed by atoms with Gasteiger partial charge in [-0.3, -0.25) is 0 Å². The SMILES string of the molecule is CS(=O)(=O)c1ccc(-c2cc(F)c(OCC3C4CN(c5ncc(C(F)(F)F)cc5F)CC34)c(F)c2)cc1. The third kappa shape index (κ3) is 4.98. The van der Waals surface area contributed by atoms with E-state index < -0.39 is 44.8 Å². The molecule has 0 radical (unpaired) electrons. The normalized spacial score (nSPS) is 21.2. The average molecular weight is 543 g/mol. The van der Waals surface area contributed by atoms with E-state index in [-0.39, 0.29) is 40.6 Å². The van der Waals surface area contributed by atoms with Crippen LogP contribution in [-0.2, 0) is 16.0 Å². The topological polar surface area (TPSA) is 59.5 Å². The Labute approximate surface area is 208 Å². The van der Waals surface area contributed by atoms with E-state index in [1.807, 2.05) is 0 Å². The van der Waals surface area contributed by atoms with Gasteiger partial charge in [-0.05, 0) is 53.3 Å². The van der Waals surface area contributed by atoms with Crippen LogP contribution in [0.25, 0.3) is 11.1 Å². The van der Waals surface area contributed by atoms with Gasteiger partial charge in [-0.15, -0.1) is 0 Å². The summed E-state index contributed by atoms with van der Waals surface area (Å²) < 4.78 is 110. The molecule has 196 valence electrons. The van der Waals surface area contributed by atoms with Gasteiger partial charge >= 0.3 is 6.18 Å². The van der Waals surface area contributed by atoms with Gasteiger partial charge in [-0.25, -0.2) is 26.6 Å². The zero-order valence-electron chi connectivity index (χ0n) is 19.3. The Morgan fingerprint density at radius 2 is 1.54 bits per heavy atom. The van der Waals surface area contributed by atoms with E-state index in [4.69, 9.17) is 4.74 Å². The molecular formula is C25H20F6N2O3S. The van der Waals surface area contributed by atoms with Crippen LogP contribution >= 0.6 is 0 Å². The molecule has 5 rings (SSSR count). The molecule has 0 spiro atoms. The summed E-state index contributed by atoms with van der Waals surface area (Å²) in [5.74, 6) is -3.51. The molecule has 12 heteroatoms. The molecule has 2 atom stereocenters. The van der Waals surface area contributed by atoms with Crippen LogP contribution in [-0.4, -0.2) is 39.4 Å². The molecule has 1 aromatic heterocycles.